The molecule has 130 valence electrons. The lowest BCUT2D eigenvalue weighted by atomic mass is 10.2. The van der Waals surface area contributed by atoms with Gasteiger partial charge in [0.2, 0.25) is 5.91 Å². The van der Waals surface area contributed by atoms with E-state index in [2.05, 4.69) is 20.0 Å². The summed E-state index contributed by atoms with van der Waals surface area (Å²) in [6, 6.07) is 5.35. The number of hydrogen-bond acceptors (Lipinski definition) is 4. The predicted octanol–water partition coefficient (Wildman–Crippen LogP) is 2.06. The van der Waals surface area contributed by atoms with Crippen LogP contribution in [0.3, 0.4) is 0 Å². The van der Waals surface area contributed by atoms with Crippen molar-refractivity contribution in [1.82, 2.24) is 20.2 Å². The lowest BCUT2D eigenvalue weighted by Crippen LogP contribution is -2.34. The second-order valence-corrected chi connectivity index (χ2v) is 5.18. The fourth-order valence-electron chi connectivity index (χ4n) is 2.01. The van der Waals surface area contributed by atoms with E-state index in [-0.39, 0.29) is 24.7 Å². The first kappa shape index (κ1) is 17.8. The second-order valence-electron chi connectivity index (χ2n) is 5.18. The predicted molar refractivity (Wildman–Crippen MR) is 79.9 cm³/mol. The summed E-state index contributed by atoms with van der Waals surface area (Å²) in [5, 5.41) is 2.70. The quantitative estimate of drug-likeness (QED) is 0.808. The van der Waals surface area contributed by atoms with Gasteiger partial charge in [0.1, 0.15) is 11.6 Å². The summed E-state index contributed by atoms with van der Waals surface area (Å²) in [5.41, 5.74) is 0.673. The van der Waals surface area contributed by atoms with Gasteiger partial charge in [-0.3, -0.25) is 9.69 Å². The number of nitrogens with zero attached hydrogens (tertiary/aromatic N) is 2. The molecule has 0 saturated heterocycles. The molecule has 0 aliphatic rings. The van der Waals surface area contributed by atoms with Gasteiger partial charge in [-0.25, -0.2) is 4.98 Å². The highest BCUT2D eigenvalue weighted by molar-refractivity contribution is 5.77. The maximum Gasteiger partial charge on any atom is 0.573 e. The molecule has 2 rings (SSSR count). The Bertz CT molecular complexity index is 642. The molecule has 0 aliphatic carbocycles. The summed E-state index contributed by atoms with van der Waals surface area (Å²) in [7, 11) is 1.78. The smallest absolute Gasteiger partial charge is 0.406 e. The SMILES string of the molecule is CN(CC(=O)NCc1ccc(OC(F)(F)F)cc1)Cc1ncc[nH]1. The average Bonchev–Trinajstić information content (AvgIpc) is 2.97. The molecule has 6 nitrogen and oxygen atoms in total. The molecule has 2 N–H and O–H groups in total. The molecule has 0 aliphatic heterocycles. The van der Waals surface area contributed by atoms with Crippen LogP contribution in [0.25, 0.3) is 0 Å². The van der Waals surface area contributed by atoms with Crippen LogP contribution in [0.15, 0.2) is 36.7 Å². The van der Waals surface area contributed by atoms with Crippen molar-refractivity contribution in [2.45, 2.75) is 19.5 Å². The number of amides is 1. The Labute approximate surface area is 136 Å². The average molecular weight is 342 g/mol. The number of aromatic amines is 1. The number of carbonyl (C=O) groups excluding carboxylic acids is 1. The van der Waals surface area contributed by atoms with Crippen molar-refractivity contribution in [3.05, 3.63) is 48.0 Å². The standard InChI is InChI=1S/C15H17F3N4O2/c1-22(9-13-19-6-7-20-13)10-14(23)21-8-11-2-4-12(5-3-11)24-15(16,17)18/h2-7H,8-10H2,1H3,(H,19,20)(H,21,23). The first-order chi connectivity index (χ1) is 11.3. The van der Waals surface area contributed by atoms with Crippen LogP contribution in [0.2, 0.25) is 0 Å². The molecule has 9 heteroatoms. The van der Waals surface area contributed by atoms with Crippen LogP contribution < -0.4 is 10.1 Å². The molecular formula is C15H17F3N4O2. The van der Waals surface area contributed by atoms with E-state index >= 15 is 0 Å². The summed E-state index contributed by atoms with van der Waals surface area (Å²) >= 11 is 0. The number of halogens is 3. The lowest BCUT2D eigenvalue weighted by molar-refractivity contribution is -0.274. The van der Waals surface area contributed by atoms with E-state index in [1.807, 2.05) is 0 Å². The number of ether oxygens (including phenoxy) is 1. The third-order valence-electron chi connectivity index (χ3n) is 3.03. The van der Waals surface area contributed by atoms with Crippen molar-refractivity contribution in [3.63, 3.8) is 0 Å². The maximum atomic E-state index is 12.1. The first-order valence-corrected chi connectivity index (χ1v) is 7.10. The van der Waals surface area contributed by atoms with E-state index in [1.54, 1.807) is 24.3 Å². The van der Waals surface area contributed by atoms with Crippen LogP contribution in [0.4, 0.5) is 13.2 Å². The second kappa shape index (κ2) is 7.82. The molecule has 0 atom stereocenters. The highest BCUT2D eigenvalue weighted by Gasteiger charge is 2.30. The van der Waals surface area contributed by atoms with Crippen molar-refractivity contribution in [3.8, 4) is 5.75 Å². The van der Waals surface area contributed by atoms with Crippen LogP contribution in [0.1, 0.15) is 11.4 Å². The number of aromatic nitrogens is 2. The normalized spacial score (nSPS) is 11.5. The van der Waals surface area contributed by atoms with Crippen molar-refractivity contribution < 1.29 is 22.7 Å². The van der Waals surface area contributed by atoms with Crippen LogP contribution in [-0.2, 0) is 17.9 Å². The summed E-state index contributed by atoms with van der Waals surface area (Å²) in [6.07, 6.45) is -1.38. The fraction of sp³-hybridized carbons (Fsp3) is 0.333. The van der Waals surface area contributed by atoms with Gasteiger partial charge in [0.15, 0.2) is 0 Å². The van der Waals surface area contributed by atoms with E-state index in [1.165, 1.54) is 24.3 Å². The van der Waals surface area contributed by atoms with E-state index in [0.717, 1.165) is 5.82 Å². The number of H-pyrrole nitrogens is 1. The van der Waals surface area contributed by atoms with Gasteiger partial charge >= 0.3 is 6.36 Å². The first-order valence-electron chi connectivity index (χ1n) is 7.10. The highest BCUT2D eigenvalue weighted by Crippen LogP contribution is 2.22. The monoisotopic (exact) mass is 342 g/mol. The molecule has 1 amide bonds. The molecule has 0 unspecified atom stereocenters. The molecule has 0 fully saturated rings. The summed E-state index contributed by atoms with van der Waals surface area (Å²) in [4.78, 5) is 20.7. The van der Waals surface area contributed by atoms with Gasteiger partial charge in [-0.05, 0) is 24.7 Å². The highest BCUT2D eigenvalue weighted by atomic mass is 19.4. The number of alkyl halides is 3. The van der Waals surface area contributed by atoms with Crippen LogP contribution in [0, 0.1) is 0 Å². The minimum atomic E-state index is -4.71. The Hall–Kier alpha value is -2.55. The molecular weight excluding hydrogens is 325 g/mol. The zero-order valence-corrected chi connectivity index (χ0v) is 12.9. The van der Waals surface area contributed by atoms with E-state index in [9.17, 15) is 18.0 Å². The van der Waals surface area contributed by atoms with Gasteiger partial charge in [0, 0.05) is 18.9 Å². The number of hydrogen-bond donors (Lipinski definition) is 2. The van der Waals surface area contributed by atoms with Gasteiger partial charge in [-0.2, -0.15) is 0 Å². The topological polar surface area (TPSA) is 70.2 Å². The molecule has 1 aromatic heterocycles. The van der Waals surface area contributed by atoms with Crippen LogP contribution >= 0.6 is 0 Å². The van der Waals surface area contributed by atoms with E-state index in [0.29, 0.717) is 12.1 Å². The van der Waals surface area contributed by atoms with Gasteiger partial charge in [-0.15, -0.1) is 13.2 Å². The van der Waals surface area contributed by atoms with Gasteiger partial charge in [-0.1, -0.05) is 12.1 Å². The van der Waals surface area contributed by atoms with Crippen LogP contribution in [0.5, 0.6) is 5.75 Å². The van der Waals surface area contributed by atoms with E-state index in [4.69, 9.17) is 0 Å². The Balaban J connectivity index is 1.75. The summed E-state index contributed by atoms with van der Waals surface area (Å²) in [5.74, 6) is 0.265. The molecule has 0 spiro atoms. The maximum absolute atomic E-state index is 12.1. The third kappa shape index (κ3) is 6.29. The minimum absolute atomic E-state index is 0.177. The summed E-state index contributed by atoms with van der Waals surface area (Å²) < 4.78 is 40.0. The van der Waals surface area contributed by atoms with Gasteiger partial charge in [0.25, 0.3) is 0 Å². The molecule has 1 heterocycles. The largest absolute Gasteiger partial charge is 0.573 e. The number of likely N-dealkylation sites (N-methyl/N-ethyl adjacent to an activating group) is 1. The molecule has 2 aromatic rings. The molecule has 0 saturated carbocycles. The van der Waals surface area contributed by atoms with Crippen molar-refractivity contribution in [1.29, 1.82) is 0 Å². The zero-order chi connectivity index (χ0) is 17.6. The van der Waals surface area contributed by atoms with Crippen LogP contribution in [-0.4, -0.2) is 40.7 Å². The Morgan fingerprint density at radius 1 is 1.33 bits per heavy atom. The Morgan fingerprint density at radius 2 is 2.04 bits per heavy atom. The number of imidazole rings is 1. The fourth-order valence-corrected chi connectivity index (χ4v) is 2.01. The number of nitrogens with one attached hydrogen (secondary N) is 2. The minimum Gasteiger partial charge on any atom is -0.406 e. The van der Waals surface area contributed by atoms with Crippen molar-refractivity contribution >= 4 is 5.91 Å². The van der Waals surface area contributed by atoms with E-state index < -0.39 is 6.36 Å². The lowest BCUT2D eigenvalue weighted by Gasteiger charge is -2.15. The number of rotatable bonds is 7. The third-order valence-corrected chi connectivity index (χ3v) is 3.03. The number of carbonyl (C=O) groups is 1. The number of benzene rings is 1. The van der Waals surface area contributed by atoms with Crippen molar-refractivity contribution in [2.24, 2.45) is 0 Å². The molecule has 0 bridgehead atoms. The molecule has 0 radical (unpaired) electrons. The molecule has 1 aromatic carbocycles. The summed E-state index contributed by atoms with van der Waals surface area (Å²) in [6.45, 7) is 0.902. The van der Waals surface area contributed by atoms with Crippen molar-refractivity contribution in [2.75, 3.05) is 13.6 Å². The molecule has 24 heavy (non-hydrogen) atoms. The Morgan fingerprint density at radius 3 is 2.62 bits per heavy atom. The zero-order valence-electron chi connectivity index (χ0n) is 12.9. The van der Waals surface area contributed by atoms with Gasteiger partial charge in [0.05, 0.1) is 13.1 Å². The van der Waals surface area contributed by atoms with Gasteiger partial charge < -0.3 is 15.0 Å². The Kier molecular flexibility index (Phi) is 5.80.